The van der Waals surface area contributed by atoms with Gasteiger partial charge in [-0.15, -0.1) is 0 Å². The Labute approximate surface area is 142 Å². The lowest BCUT2D eigenvalue weighted by molar-refractivity contribution is -0.384. The summed E-state index contributed by atoms with van der Waals surface area (Å²) in [5.41, 5.74) is 6.81. The van der Waals surface area contributed by atoms with Crippen LogP contribution < -0.4 is 10.6 Å². The summed E-state index contributed by atoms with van der Waals surface area (Å²) in [5, 5.41) is 30.6. The van der Waals surface area contributed by atoms with E-state index in [0.29, 0.717) is 19.6 Å². The number of amidine groups is 1. The van der Waals surface area contributed by atoms with Crippen LogP contribution in [0.5, 0.6) is 0 Å². The van der Waals surface area contributed by atoms with Crippen molar-refractivity contribution in [1.82, 2.24) is 15.2 Å². The number of hydrogen-bond acceptors (Lipinski definition) is 9. The van der Waals surface area contributed by atoms with Crippen LogP contribution in [0.25, 0.3) is 0 Å². The lowest BCUT2D eigenvalue weighted by Gasteiger charge is -2.41. The highest BCUT2D eigenvalue weighted by Crippen LogP contribution is 2.23. The number of anilines is 2. The summed E-state index contributed by atoms with van der Waals surface area (Å²) in [7, 11) is 0. The van der Waals surface area contributed by atoms with Gasteiger partial charge in [0.05, 0.1) is 4.92 Å². The van der Waals surface area contributed by atoms with E-state index < -0.39 is 4.92 Å². The van der Waals surface area contributed by atoms with Crippen LogP contribution in [0.4, 0.5) is 17.2 Å². The SMILES string of the molecule is CC1CN(c2ccc([N+](=O)[O-])cc2)CCN1/C(=N\O)c1nonc1N. The van der Waals surface area contributed by atoms with Gasteiger partial charge in [-0.25, -0.2) is 4.63 Å². The summed E-state index contributed by atoms with van der Waals surface area (Å²) in [6.07, 6.45) is 0. The molecule has 132 valence electrons. The zero-order valence-corrected chi connectivity index (χ0v) is 13.4. The van der Waals surface area contributed by atoms with Crippen LogP contribution >= 0.6 is 0 Å². The van der Waals surface area contributed by atoms with Crippen molar-refractivity contribution in [3.05, 3.63) is 40.1 Å². The Morgan fingerprint density at radius 2 is 2.12 bits per heavy atom. The molecule has 0 bridgehead atoms. The fourth-order valence-electron chi connectivity index (χ4n) is 2.88. The van der Waals surface area contributed by atoms with Crippen molar-refractivity contribution >= 4 is 23.0 Å². The van der Waals surface area contributed by atoms with Crippen LogP contribution in [0, 0.1) is 10.1 Å². The minimum Gasteiger partial charge on any atom is -0.409 e. The molecular formula is C14H17N7O4. The van der Waals surface area contributed by atoms with Crippen molar-refractivity contribution in [3.63, 3.8) is 0 Å². The number of hydrogen-bond donors (Lipinski definition) is 2. The van der Waals surface area contributed by atoms with Gasteiger partial charge in [0.15, 0.2) is 11.5 Å². The van der Waals surface area contributed by atoms with Crippen LogP contribution in [0.2, 0.25) is 0 Å². The van der Waals surface area contributed by atoms with Crippen molar-refractivity contribution in [2.75, 3.05) is 30.3 Å². The molecule has 1 aliphatic heterocycles. The highest BCUT2D eigenvalue weighted by atomic mass is 16.6. The molecule has 1 saturated heterocycles. The van der Waals surface area contributed by atoms with E-state index >= 15 is 0 Å². The van der Waals surface area contributed by atoms with Crippen molar-refractivity contribution in [2.45, 2.75) is 13.0 Å². The normalized spacial score (nSPS) is 18.4. The van der Waals surface area contributed by atoms with E-state index in [2.05, 4.69) is 25.0 Å². The number of rotatable bonds is 3. The second kappa shape index (κ2) is 6.63. The van der Waals surface area contributed by atoms with E-state index in [4.69, 9.17) is 5.73 Å². The van der Waals surface area contributed by atoms with Crippen LogP contribution in [-0.4, -0.2) is 56.9 Å². The number of aromatic nitrogens is 2. The molecule has 1 aliphatic rings. The Morgan fingerprint density at radius 1 is 1.40 bits per heavy atom. The molecule has 1 fully saturated rings. The van der Waals surface area contributed by atoms with Gasteiger partial charge in [0, 0.05) is 43.5 Å². The van der Waals surface area contributed by atoms with Gasteiger partial charge < -0.3 is 20.7 Å². The zero-order valence-electron chi connectivity index (χ0n) is 13.4. The highest BCUT2D eigenvalue weighted by molar-refractivity contribution is 6.00. The second-order valence-corrected chi connectivity index (χ2v) is 5.68. The first kappa shape index (κ1) is 16.5. The third-order valence-electron chi connectivity index (χ3n) is 4.15. The van der Waals surface area contributed by atoms with E-state index in [9.17, 15) is 15.3 Å². The molecule has 1 unspecified atom stereocenters. The second-order valence-electron chi connectivity index (χ2n) is 5.68. The topological polar surface area (TPSA) is 147 Å². The number of nitrogens with zero attached hydrogens (tertiary/aromatic N) is 6. The summed E-state index contributed by atoms with van der Waals surface area (Å²) >= 11 is 0. The van der Waals surface area contributed by atoms with E-state index in [1.54, 1.807) is 12.1 Å². The Morgan fingerprint density at radius 3 is 2.64 bits per heavy atom. The first-order valence-corrected chi connectivity index (χ1v) is 7.57. The van der Waals surface area contributed by atoms with Crippen LogP contribution in [0.1, 0.15) is 12.6 Å². The van der Waals surface area contributed by atoms with E-state index in [1.807, 2.05) is 11.8 Å². The third-order valence-corrected chi connectivity index (χ3v) is 4.15. The standard InChI is InChI=1S/C14H17N7O4/c1-9-8-19(10-2-4-11(5-3-10)21(23)24)6-7-20(9)14(16-22)12-13(15)18-25-17-12/h2-5,9,22H,6-8H2,1H3,(H2,15,18)/b16-14-. The molecule has 1 atom stereocenters. The molecule has 11 heteroatoms. The number of benzene rings is 1. The number of nitro benzene ring substituents is 1. The molecule has 0 spiro atoms. The third kappa shape index (κ3) is 3.16. The Bertz CT molecular complexity index is 789. The van der Waals surface area contributed by atoms with Gasteiger partial charge in [0.1, 0.15) is 0 Å². The maximum atomic E-state index is 10.8. The predicted octanol–water partition coefficient (Wildman–Crippen LogP) is 0.907. The first-order chi connectivity index (χ1) is 12.0. The van der Waals surface area contributed by atoms with Gasteiger partial charge in [-0.05, 0) is 29.4 Å². The molecular weight excluding hydrogens is 330 g/mol. The lowest BCUT2D eigenvalue weighted by Crippen LogP contribution is -2.54. The van der Waals surface area contributed by atoms with Gasteiger partial charge in [-0.2, -0.15) is 0 Å². The molecule has 1 aromatic heterocycles. The number of non-ortho nitro benzene ring substituents is 1. The molecule has 25 heavy (non-hydrogen) atoms. The lowest BCUT2D eigenvalue weighted by atomic mass is 10.1. The maximum Gasteiger partial charge on any atom is 0.269 e. The van der Waals surface area contributed by atoms with Gasteiger partial charge >= 0.3 is 0 Å². The highest BCUT2D eigenvalue weighted by Gasteiger charge is 2.30. The molecule has 0 aliphatic carbocycles. The fraction of sp³-hybridized carbons (Fsp3) is 0.357. The minimum atomic E-state index is -0.426. The largest absolute Gasteiger partial charge is 0.409 e. The molecule has 0 saturated carbocycles. The molecule has 3 N–H and O–H groups in total. The zero-order chi connectivity index (χ0) is 18.0. The summed E-state index contributed by atoms with van der Waals surface area (Å²) in [4.78, 5) is 14.3. The van der Waals surface area contributed by atoms with Gasteiger partial charge in [0.2, 0.25) is 5.84 Å². The van der Waals surface area contributed by atoms with Crippen molar-refractivity contribution < 1.29 is 14.8 Å². The first-order valence-electron chi connectivity index (χ1n) is 7.57. The summed E-state index contributed by atoms with van der Waals surface area (Å²) in [6, 6.07) is 6.39. The Kier molecular flexibility index (Phi) is 4.37. The van der Waals surface area contributed by atoms with Crippen molar-refractivity contribution in [1.29, 1.82) is 0 Å². The van der Waals surface area contributed by atoms with Gasteiger partial charge in [-0.3, -0.25) is 10.1 Å². The van der Waals surface area contributed by atoms with E-state index in [0.717, 1.165) is 5.69 Å². The number of piperazine rings is 1. The van der Waals surface area contributed by atoms with E-state index in [1.165, 1.54) is 12.1 Å². The molecule has 2 aromatic rings. The van der Waals surface area contributed by atoms with Crippen molar-refractivity contribution in [3.8, 4) is 0 Å². The smallest absolute Gasteiger partial charge is 0.269 e. The maximum absolute atomic E-state index is 10.8. The molecule has 3 rings (SSSR count). The number of nitrogens with two attached hydrogens (primary N) is 1. The molecule has 2 heterocycles. The average molecular weight is 347 g/mol. The average Bonchev–Trinajstić information content (AvgIpc) is 3.03. The molecule has 0 amide bonds. The monoisotopic (exact) mass is 347 g/mol. The molecule has 1 aromatic carbocycles. The summed E-state index contributed by atoms with van der Waals surface area (Å²) in [5.74, 6) is 0.257. The molecule has 0 radical (unpaired) electrons. The summed E-state index contributed by atoms with van der Waals surface area (Å²) in [6.45, 7) is 3.77. The quantitative estimate of drug-likeness (QED) is 0.272. The van der Waals surface area contributed by atoms with Gasteiger partial charge in [-0.1, -0.05) is 5.16 Å². The predicted molar refractivity (Wildman–Crippen MR) is 88.5 cm³/mol. The number of nitro groups is 1. The number of oxime groups is 1. The van der Waals surface area contributed by atoms with Crippen LogP contribution in [0.15, 0.2) is 34.1 Å². The van der Waals surface area contributed by atoms with Crippen LogP contribution in [0.3, 0.4) is 0 Å². The van der Waals surface area contributed by atoms with E-state index in [-0.39, 0.29) is 29.1 Å². The van der Waals surface area contributed by atoms with Crippen molar-refractivity contribution in [2.24, 2.45) is 5.16 Å². The minimum absolute atomic E-state index is 0.0223. The Balaban J connectivity index is 1.74. The molecule has 11 nitrogen and oxygen atoms in total. The number of nitrogen functional groups attached to an aromatic ring is 1. The van der Waals surface area contributed by atoms with Gasteiger partial charge in [0.25, 0.3) is 5.69 Å². The Hall–Kier alpha value is -3.37. The summed E-state index contributed by atoms with van der Waals surface area (Å²) < 4.78 is 4.57. The fourth-order valence-corrected chi connectivity index (χ4v) is 2.88. The van der Waals surface area contributed by atoms with Crippen LogP contribution in [-0.2, 0) is 0 Å².